The summed E-state index contributed by atoms with van der Waals surface area (Å²) >= 11 is 0. The number of amides is 1. The molecule has 1 amide bonds. The fourth-order valence-corrected chi connectivity index (χ4v) is 2.40. The Kier molecular flexibility index (Phi) is 8.53. The van der Waals surface area contributed by atoms with Gasteiger partial charge in [0, 0.05) is 42.9 Å². The zero-order valence-electron chi connectivity index (χ0n) is 17.5. The number of anilines is 2. The average Bonchev–Trinajstić information content (AvgIpc) is 2.72. The number of allylic oxidation sites excluding steroid dienone is 1. The molecule has 0 radical (unpaired) electrons. The molecule has 9 nitrogen and oxygen atoms in total. The molecule has 1 aromatic heterocycles. The molecule has 0 atom stereocenters. The van der Waals surface area contributed by atoms with Crippen molar-refractivity contribution in [3.63, 3.8) is 0 Å². The van der Waals surface area contributed by atoms with Crippen LogP contribution in [0.15, 0.2) is 36.3 Å². The summed E-state index contributed by atoms with van der Waals surface area (Å²) in [5, 5.41) is 27.5. The molecule has 0 saturated heterocycles. The summed E-state index contributed by atoms with van der Waals surface area (Å²) in [6.07, 6.45) is 3.72. The molecule has 0 aliphatic carbocycles. The van der Waals surface area contributed by atoms with Crippen LogP contribution in [0.2, 0.25) is 0 Å². The third kappa shape index (κ3) is 7.54. The highest BCUT2D eigenvalue weighted by atomic mass is 19.1. The van der Waals surface area contributed by atoms with Crippen LogP contribution < -0.4 is 21.3 Å². The highest BCUT2D eigenvalue weighted by Gasteiger charge is 2.18. The average molecular weight is 451 g/mol. The molecule has 0 fully saturated rings. The van der Waals surface area contributed by atoms with Crippen LogP contribution in [-0.4, -0.2) is 45.9 Å². The third-order valence-corrected chi connectivity index (χ3v) is 4.01. The molecule has 32 heavy (non-hydrogen) atoms. The summed E-state index contributed by atoms with van der Waals surface area (Å²) in [7, 11) is 0. The number of hydrogen-bond donors (Lipinski definition) is 6. The van der Waals surface area contributed by atoms with E-state index in [1.54, 1.807) is 13.8 Å². The minimum absolute atomic E-state index is 0.0810. The minimum Gasteiger partial charge on any atom is -0.394 e. The predicted octanol–water partition coefficient (Wildman–Crippen LogP) is 1.89. The van der Waals surface area contributed by atoms with Crippen LogP contribution >= 0.6 is 0 Å². The van der Waals surface area contributed by atoms with Crippen molar-refractivity contribution in [1.82, 2.24) is 20.6 Å². The van der Waals surface area contributed by atoms with Crippen LogP contribution in [0.25, 0.3) is 0 Å². The molecule has 2 aromatic rings. The van der Waals surface area contributed by atoms with Crippen molar-refractivity contribution in [2.45, 2.75) is 25.9 Å². The number of carbonyl (C=O) groups is 1. The van der Waals surface area contributed by atoms with Gasteiger partial charge < -0.3 is 31.8 Å². The lowest BCUT2D eigenvalue weighted by Gasteiger charge is -2.23. The second-order valence-corrected chi connectivity index (χ2v) is 7.31. The molecule has 0 spiro atoms. The second kappa shape index (κ2) is 11.1. The van der Waals surface area contributed by atoms with Gasteiger partial charge in [-0.25, -0.2) is 18.2 Å². The van der Waals surface area contributed by atoms with Gasteiger partial charge in [-0.1, -0.05) is 0 Å². The largest absolute Gasteiger partial charge is 0.394 e. The van der Waals surface area contributed by atoms with E-state index in [4.69, 9.17) is 10.5 Å². The van der Waals surface area contributed by atoms with E-state index in [1.807, 2.05) is 0 Å². The topological polar surface area (TPSA) is 135 Å². The Bertz CT molecular complexity index is 976. The molecular formula is C20H24F3N7O2. The van der Waals surface area contributed by atoms with E-state index in [0.29, 0.717) is 12.1 Å². The number of benzene rings is 1. The van der Waals surface area contributed by atoms with E-state index in [-0.39, 0.29) is 48.6 Å². The third-order valence-electron chi connectivity index (χ3n) is 4.01. The zero-order chi connectivity index (χ0) is 23.7. The van der Waals surface area contributed by atoms with Gasteiger partial charge in [0.2, 0.25) is 11.9 Å². The Morgan fingerprint density at radius 2 is 1.94 bits per heavy atom. The van der Waals surface area contributed by atoms with Gasteiger partial charge in [0.25, 0.3) is 0 Å². The zero-order valence-corrected chi connectivity index (χ0v) is 17.5. The maximum absolute atomic E-state index is 13.8. The number of carbonyl (C=O) groups excluding carboxylic acids is 1. The van der Waals surface area contributed by atoms with Crippen molar-refractivity contribution >= 4 is 23.9 Å². The molecule has 0 bridgehead atoms. The predicted molar refractivity (Wildman–Crippen MR) is 113 cm³/mol. The molecule has 1 heterocycles. The first-order chi connectivity index (χ1) is 15.1. The SMILES string of the molecule is CC(C)(CO)NC(=O)CN/C=C(\C=N)Nc1nccc(NCc2c(F)cc(F)cc2F)n1. The van der Waals surface area contributed by atoms with Gasteiger partial charge in [-0.2, -0.15) is 4.98 Å². The van der Waals surface area contributed by atoms with Crippen LogP contribution in [0.1, 0.15) is 19.4 Å². The van der Waals surface area contributed by atoms with E-state index in [1.165, 1.54) is 18.5 Å². The van der Waals surface area contributed by atoms with Crippen molar-refractivity contribution in [3.05, 3.63) is 59.3 Å². The lowest BCUT2D eigenvalue weighted by Crippen LogP contribution is -2.48. The van der Waals surface area contributed by atoms with Crippen LogP contribution in [0, 0.1) is 22.9 Å². The number of aromatic nitrogens is 2. The Balaban J connectivity index is 1.96. The number of aliphatic hydroxyl groups is 1. The molecule has 2 rings (SSSR count). The summed E-state index contributed by atoms with van der Waals surface area (Å²) in [4.78, 5) is 20.0. The van der Waals surface area contributed by atoms with E-state index < -0.39 is 23.0 Å². The maximum atomic E-state index is 13.8. The first kappa shape index (κ1) is 24.6. The smallest absolute Gasteiger partial charge is 0.239 e. The number of hydrogen-bond acceptors (Lipinski definition) is 8. The van der Waals surface area contributed by atoms with E-state index >= 15 is 0 Å². The summed E-state index contributed by atoms with van der Waals surface area (Å²) in [6.45, 7) is 2.75. The number of nitrogens with zero attached hydrogens (tertiary/aromatic N) is 2. The molecule has 172 valence electrons. The lowest BCUT2D eigenvalue weighted by atomic mass is 10.1. The van der Waals surface area contributed by atoms with Crippen LogP contribution in [0.4, 0.5) is 24.9 Å². The molecule has 12 heteroatoms. The number of rotatable bonds is 11. The number of halogens is 3. The molecule has 0 saturated carbocycles. The Labute approximate surface area is 182 Å². The Hall–Kier alpha value is -3.67. The monoisotopic (exact) mass is 451 g/mol. The van der Waals surface area contributed by atoms with Crippen LogP contribution in [0.5, 0.6) is 0 Å². The molecule has 0 unspecified atom stereocenters. The molecular weight excluding hydrogens is 427 g/mol. The molecule has 0 aliphatic rings. The van der Waals surface area contributed by atoms with Gasteiger partial charge in [0.1, 0.15) is 23.3 Å². The number of nitrogens with one attached hydrogen (secondary N) is 5. The van der Waals surface area contributed by atoms with Crippen LogP contribution in [0.3, 0.4) is 0 Å². The quantitative estimate of drug-likeness (QED) is 0.287. The maximum Gasteiger partial charge on any atom is 0.239 e. The van der Waals surface area contributed by atoms with E-state index in [0.717, 1.165) is 6.21 Å². The Morgan fingerprint density at radius 1 is 1.25 bits per heavy atom. The summed E-state index contributed by atoms with van der Waals surface area (Å²) in [6, 6.07) is 2.64. The highest BCUT2D eigenvalue weighted by molar-refractivity contribution is 5.81. The van der Waals surface area contributed by atoms with Gasteiger partial charge in [0.05, 0.1) is 24.4 Å². The summed E-state index contributed by atoms with van der Waals surface area (Å²) in [5.74, 6) is -3.09. The highest BCUT2D eigenvalue weighted by Crippen LogP contribution is 2.16. The first-order valence-electron chi connectivity index (χ1n) is 9.47. The summed E-state index contributed by atoms with van der Waals surface area (Å²) < 4.78 is 40.5. The van der Waals surface area contributed by atoms with E-state index in [9.17, 15) is 18.0 Å². The lowest BCUT2D eigenvalue weighted by molar-refractivity contribution is -0.122. The summed E-state index contributed by atoms with van der Waals surface area (Å²) in [5.41, 5.74) is -0.870. The van der Waals surface area contributed by atoms with Crippen molar-refractivity contribution < 1.29 is 23.1 Å². The normalized spacial score (nSPS) is 11.6. The van der Waals surface area contributed by atoms with Gasteiger partial charge in [-0.3, -0.25) is 4.79 Å². The van der Waals surface area contributed by atoms with Crippen molar-refractivity contribution in [2.24, 2.45) is 0 Å². The minimum atomic E-state index is -1.02. The Morgan fingerprint density at radius 3 is 2.56 bits per heavy atom. The molecule has 6 N–H and O–H groups in total. The second-order valence-electron chi connectivity index (χ2n) is 7.31. The first-order valence-corrected chi connectivity index (χ1v) is 9.47. The standard InChI is InChI=1S/C20H24F3N7O2/c1-20(2,11-31)30-18(32)10-25-8-13(7-24)28-19-26-4-3-17(29-19)27-9-14-15(22)5-12(21)6-16(14)23/h3-8,24-25,31H,9-11H2,1-2H3,(H,30,32)(H2,26,27,28,29)/b13-8+,24-7?. The van der Waals surface area contributed by atoms with Gasteiger partial charge in [-0.05, 0) is 19.9 Å². The number of aliphatic hydroxyl groups excluding tert-OH is 1. The van der Waals surface area contributed by atoms with E-state index in [2.05, 4.69) is 31.2 Å². The van der Waals surface area contributed by atoms with Gasteiger partial charge >= 0.3 is 0 Å². The van der Waals surface area contributed by atoms with Crippen molar-refractivity contribution in [1.29, 1.82) is 5.41 Å². The fourth-order valence-electron chi connectivity index (χ4n) is 2.40. The molecule has 0 aliphatic heterocycles. The van der Waals surface area contributed by atoms with Crippen molar-refractivity contribution in [3.8, 4) is 0 Å². The van der Waals surface area contributed by atoms with Gasteiger partial charge in [0.15, 0.2) is 0 Å². The van der Waals surface area contributed by atoms with Crippen LogP contribution in [-0.2, 0) is 11.3 Å². The van der Waals surface area contributed by atoms with Crippen molar-refractivity contribution in [2.75, 3.05) is 23.8 Å². The molecule has 1 aromatic carbocycles. The van der Waals surface area contributed by atoms with Gasteiger partial charge in [-0.15, -0.1) is 0 Å². The fraction of sp³-hybridized carbons (Fsp3) is 0.300.